The topological polar surface area (TPSA) is 98.8 Å². The van der Waals surface area contributed by atoms with E-state index in [-0.39, 0.29) is 11.6 Å². The first-order valence-corrected chi connectivity index (χ1v) is 8.85. The fourth-order valence-corrected chi connectivity index (χ4v) is 3.12. The molecule has 2 heterocycles. The molecule has 9 heteroatoms. The number of phenolic OH excluding ortho intramolecular Hbond substituents is 1. The van der Waals surface area contributed by atoms with Crippen molar-refractivity contribution in [2.45, 2.75) is 44.9 Å². The van der Waals surface area contributed by atoms with Crippen LogP contribution in [-0.4, -0.2) is 47.8 Å². The predicted octanol–water partition coefficient (Wildman–Crippen LogP) is 2.79. The van der Waals surface area contributed by atoms with Gasteiger partial charge in [0.15, 0.2) is 5.82 Å². The molecule has 0 unspecified atom stereocenters. The van der Waals surface area contributed by atoms with Gasteiger partial charge in [-0.2, -0.15) is 0 Å². The number of nitrogens with zero attached hydrogens (tertiary/aromatic N) is 6. The summed E-state index contributed by atoms with van der Waals surface area (Å²) < 4.78 is 19.5. The van der Waals surface area contributed by atoms with Crippen molar-refractivity contribution in [3.63, 3.8) is 0 Å². The summed E-state index contributed by atoms with van der Waals surface area (Å²) >= 11 is 0. The average Bonchev–Trinajstić information content (AvgIpc) is 3.11. The van der Waals surface area contributed by atoms with Crippen LogP contribution in [0, 0.1) is 6.92 Å². The summed E-state index contributed by atoms with van der Waals surface area (Å²) in [6.07, 6.45) is 1.62. The van der Waals surface area contributed by atoms with Gasteiger partial charge in [-0.3, -0.25) is 0 Å². The van der Waals surface area contributed by atoms with E-state index in [0.717, 1.165) is 12.8 Å². The zero-order chi connectivity index (χ0) is 18.8. The van der Waals surface area contributed by atoms with Gasteiger partial charge in [-0.25, -0.2) is 4.39 Å². The molecule has 140 valence electrons. The Morgan fingerprint density at radius 2 is 1.96 bits per heavy atom. The van der Waals surface area contributed by atoms with E-state index in [1.807, 2.05) is 0 Å². The van der Waals surface area contributed by atoms with Gasteiger partial charge < -0.3 is 9.84 Å². The minimum absolute atomic E-state index is 0.0153. The Balaban J connectivity index is 1.51. The third-order valence-corrected chi connectivity index (χ3v) is 4.54. The summed E-state index contributed by atoms with van der Waals surface area (Å²) in [6, 6.07) is 8.30. The van der Waals surface area contributed by atoms with Crippen molar-refractivity contribution in [1.82, 2.24) is 30.4 Å². The minimum atomic E-state index is -0.967. The molecule has 0 bridgehead atoms. The van der Waals surface area contributed by atoms with Gasteiger partial charge >= 0.3 is 0 Å². The van der Waals surface area contributed by atoms with Crippen LogP contribution in [0.3, 0.4) is 0 Å². The van der Waals surface area contributed by atoms with Crippen LogP contribution < -0.4 is 4.74 Å². The highest BCUT2D eigenvalue weighted by molar-refractivity contribution is 5.68. The Morgan fingerprint density at radius 3 is 2.63 bits per heavy atom. The molecule has 2 aromatic heterocycles. The van der Waals surface area contributed by atoms with Gasteiger partial charge in [-0.05, 0) is 49.6 Å². The molecule has 1 N–H and O–H groups in total. The molecule has 0 aliphatic heterocycles. The standard InChI is InChI=1S/C18H19FN6O2/c1-11-20-24-25(23-11)12-6-7-13(16(26)10-12)15-8-9-18(22-21-15)27-17-5-3-2-4-14(17)19/h6-10,14,17,26H,2-5H2,1H3/t14-,17-/m1/s1. The first-order chi connectivity index (χ1) is 13.1. The number of aryl methyl sites for hydroxylation is 1. The lowest BCUT2D eigenvalue weighted by Crippen LogP contribution is -2.32. The smallest absolute Gasteiger partial charge is 0.233 e. The number of rotatable bonds is 4. The Hall–Kier alpha value is -3.10. The summed E-state index contributed by atoms with van der Waals surface area (Å²) in [6.45, 7) is 1.73. The van der Waals surface area contributed by atoms with Gasteiger partial charge in [0.25, 0.3) is 0 Å². The lowest BCUT2D eigenvalue weighted by atomic mass is 9.96. The van der Waals surface area contributed by atoms with Gasteiger partial charge in [0.05, 0.1) is 11.4 Å². The van der Waals surface area contributed by atoms with Crippen molar-refractivity contribution >= 4 is 0 Å². The number of alkyl halides is 1. The largest absolute Gasteiger partial charge is 0.507 e. The van der Waals surface area contributed by atoms with E-state index < -0.39 is 12.3 Å². The Kier molecular flexibility index (Phi) is 4.66. The number of halogens is 1. The lowest BCUT2D eigenvalue weighted by Gasteiger charge is -2.25. The molecule has 1 saturated carbocycles. The van der Waals surface area contributed by atoms with Crippen LogP contribution in [0.1, 0.15) is 31.5 Å². The van der Waals surface area contributed by atoms with E-state index in [1.165, 1.54) is 10.9 Å². The van der Waals surface area contributed by atoms with Crippen LogP contribution in [0.15, 0.2) is 30.3 Å². The van der Waals surface area contributed by atoms with Crippen molar-refractivity contribution in [3.05, 3.63) is 36.2 Å². The van der Waals surface area contributed by atoms with Gasteiger partial charge in [-0.15, -0.1) is 25.2 Å². The van der Waals surface area contributed by atoms with Gasteiger partial charge in [0, 0.05) is 17.7 Å². The SMILES string of the molecule is Cc1nnn(-c2ccc(-c3ccc(O[C@@H]4CCCC[C@H]4F)nn3)c(O)c2)n1. The summed E-state index contributed by atoms with van der Waals surface area (Å²) in [4.78, 5) is 1.33. The van der Waals surface area contributed by atoms with E-state index in [4.69, 9.17) is 4.74 Å². The lowest BCUT2D eigenvalue weighted by molar-refractivity contribution is 0.0594. The number of phenols is 1. The minimum Gasteiger partial charge on any atom is -0.507 e. The van der Waals surface area contributed by atoms with Gasteiger partial charge in [-0.1, -0.05) is 6.42 Å². The Morgan fingerprint density at radius 1 is 1.11 bits per heavy atom. The predicted molar refractivity (Wildman–Crippen MR) is 94.4 cm³/mol. The molecule has 2 atom stereocenters. The second-order valence-electron chi connectivity index (χ2n) is 6.54. The monoisotopic (exact) mass is 370 g/mol. The molecule has 0 saturated heterocycles. The summed E-state index contributed by atoms with van der Waals surface area (Å²) in [5.74, 6) is 0.835. The zero-order valence-electron chi connectivity index (χ0n) is 14.8. The van der Waals surface area contributed by atoms with Crippen molar-refractivity contribution < 1.29 is 14.2 Å². The Labute approximate surface area is 155 Å². The van der Waals surface area contributed by atoms with E-state index in [9.17, 15) is 9.50 Å². The van der Waals surface area contributed by atoms with Crippen LogP contribution in [0.5, 0.6) is 11.6 Å². The van der Waals surface area contributed by atoms with Crippen LogP contribution >= 0.6 is 0 Å². The highest BCUT2D eigenvalue weighted by Gasteiger charge is 2.26. The molecule has 1 aliphatic rings. The number of hydrogen-bond acceptors (Lipinski definition) is 7. The molecule has 1 fully saturated rings. The molecule has 0 spiro atoms. The van der Waals surface area contributed by atoms with Crippen molar-refractivity contribution in [3.8, 4) is 28.6 Å². The highest BCUT2D eigenvalue weighted by atomic mass is 19.1. The number of aromatic nitrogens is 6. The maximum atomic E-state index is 13.9. The van der Waals surface area contributed by atoms with E-state index in [2.05, 4.69) is 25.6 Å². The van der Waals surface area contributed by atoms with Crippen LogP contribution in [0.25, 0.3) is 16.9 Å². The number of hydrogen-bond donors (Lipinski definition) is 1. The normalized spacial score (nSPS) is 19.8. The quantitative estimate of drug-likeness (QED) is 0.754. The second kappa shape index (κ2) is 7.26. The molecule has 0 amide bonds. The first-order valence-electron chi connectivity index (χ1n) is 8.85. The maximum absolute atomic E-state index is 13.9. The molecular weight excluding hydrogens is 351 g/mol. The van der Waals surface area contributed by atoms with Gasteiger partial charge in [0.2, 0.25) is 5.88 Å². The first kappa shape index (κ1) is 17.3. The molecule has 27 heavy (non-hydrogen) atoms. The molecule has 3 aromatic rings. The van der Waals surface area contributed by atoms with Crippen LogP contribution in [-0.2, 0) is 0 Å². The number of tetrazole rings is 1. The Bertz CT molecular complexity index is 930. The van der Waals surface area contributed by atoms with Crippen molar-refractivity contribution in [2.24, 2.45) is 0 Å². The maximum Gasteiger partial charge on any atom is 0.233 e. The molecule has 0 radical (unpaired) electrons. The van der Waals surface area contributed by atoms with Crippen LogP contribution in [0.2, 0.25) is 0 Å². The van der Waals surface area contributed by atoms with Crippen molar-refractivity contribution in [1.29, 1.82) is 0 Å². The molecular formula is C18H19FN6O2. The summed E-state index contributed by atoms with van der Waals surface area (Å²) in [7, 11) is 0. The molecule has 8 nitrogen and oxygen atoms in total. The average molecular weight is 370 g/mol. The summed E-state index contributed by atoms with van der Waals surface area (Å²) in [5, 5.41) is 30.3. The number of aromatic hydroxyl groups is 1. The van der Waals surface area contributed by atoms with Gasteiger partial charge in [0.1, 0.15) is 18.0 Å². The van der Waals surface area contributed by atoms with Crippen LogP contribution in [0.4, 0.5) is 4.39 Å². The fraction of sp³-hybridized carbons (Fsp3) is 0.389. The third kappa shape index (κ3) is 3.71. The number of ether oxygens (including phenoxy) is 1. The van der Waals surface area contributed by atoms with E-state index in [1.54, 1.807) is 31.2 Å². The van der Waals surface area contributed by atoms with E-state index in [0.29, 0.717) is 35.6 Å². The molecule has 1 aliphatic carbocycles. The third-order valence-electron chi connectivity index (χ3n) is 4.54. The summed E-state index contributed by atoms with van der Waals surface area (Å²) in [5.41, 5.74) is 1.57. The number of benzene rings is 1. The second-order valence-corrected chi connectivity index (χ2v) is 6.54. The highest BCUT2D eigenvalue weighted by Crippen LogP contribution is 2.30. The van der Waals surface area contributed by atoms with E-state index >= 15 is 0 Å². The fourth-order valence-electron chi connectivity index (χ4n) is 3.12. The molecule has 1 aromatic carbocycles. The van der Waals surface area contributed by atoms with Crippen molar-refractivity contribution in [2.75, 3.05) is 0 Å². The molecule has 4 rings (SSSR count). The zero-order valence-corrected chi connectivity index (χ0v) is 14.8.